The van der Waals surface area contributed by atoms with Crippen molar-refractivity contribution >= 4 is 28.4 Å². The maximum absolute atomic E-state index is 14.9. The molecule has 3 aromatic heterocycles. The number of pyridine rings is 2. The second kappa shape index (κ2) is 9.87. The highest BCUT2D eigenvalue weighted by atomic mass is 19.1. The zero-order valence-corrected chi connectivity index (χ0v) is 21.0. The molecular formula is C27H29FN6O3. The number of aliphatic hydroxyl groups is 1. The lowest BCUT2D eigenvalue weighted by Gasteiger charge is -2.38. The quantitative estimate of drug-likeness (QED) is 0.379. The number of hydrogen-bond acceptors (Lipinski definition) is 8. The number of nitrogens with zero attached hydrogens (tertiary/aromatic N) is 5. The molecule has 0 aliphatic carbocycles. The van der Waals surface area contributed by atoms with Crippen LogP contribution < -0.4 is 5.32 Å². The Morgan fingerprint density at radius 2 is 1.97 bits per heavy atom. The highest BCUT2D eigenvalue weighted by Gasteiger charge is 2.36. The number of esters is 1. The Labute approximate surface area is 213 Å². The van der Waals surface area contributed by atoms with Gasteiger partial charge in [-0.05, 0) is 70.1 Å². The van der Waals surface area contributed by atoms with E-state index in [1.54, 1.807) is 24.4 Å². The fourth-order valence-electron chi connectivity index (χ4n) is 4.72. The summed E-state index contributed by atoms with van der Waals surface area (Å²) < 4.78 is 21.0. The largest absolute Gasteiger partial charge is 0.465 e. The molecule has 0 spiro atoms. The molecule has 0 amide bonds. The smallest absolute Gasteiger partial charge is 0.341 e. The van der Waals surface area contributed by atoms with Crippen LogP contribution in [0.5, 0.6) is 0 Å². The van der Waals surface area contributed by atoms with Crippen molar-refractivity contribution in [3.05, 3.63) is 72.1 Å². The van der Waals surface area contributed by atoms with E-state index in [9.17, 15) is 14.3 Å². The number of piperidine rings is 1. The van der Waals surface area contributed by atoms with Crippen molar-refractivity contribution in [1.82, 2.24) is 24.6 Å². The number of aromatic nitrogens is 4. The maximum atomic E-state index is 14.9. The van der Waals surface area contributed by atoms with Gasteiger partial charge in [-0.1, -0.05) is 0 Å². The van der Waals surface area contributed by atoms with E-state index >= 15 is 0 Å². The van der Waals surface area contributed by atoms with Crippen LogP contribution in [0.4, 0.5) is 15.9 Å². The molecule has 9 nitrogen and oxygen atoms in total. The number of halogens is 1. The zero-order chi connectivity index (χ0) is 26.2. The van der Waals surface area contributed by atoms with Gasteiger partial charge in [-0.15, -0.1) is 0 Å². The number of nitrogens with one attached hydrogen (secondary N) is 1. The van der Waals surface area contributed by atoms with Gasteiger partial charge in [0.15, 0.2) is 0 Å². The fourth-order valence-corrected chi connectivity index (χ4v) is 4.72. The van der Waals surface area contributed by atoms with E-state index in [2.05, 4.69) is 32.1 Å². The van der Waals surface area contributed by atoms with Gasteiger partial charge in [-0.2, -0.15) is 5.10 Å². The highest BCUT2D eigenvalue weighted by molar-refractivity contribution is 5.88. The molecule has 192 valence electrons. The molecule has 37 heavy (non-hydrogen) atoms. The Morgan fingerprint density at radius 1 is 1.19 bits per heavy atom. The van der Waals surface area contributed by atoms with E-state index in [0.717, 1.165) is 31.3 Å². The first kappa shape index (κ1) is 24.8. The molecule has 1 aromatic carbocycles. The van der Waals surface area contributed by atoms with Gasteiger partial charge >= 0.3 is 5.97 Å². The maximum Gasteiger partial charge on any atom is 0.341 e. The van der Waals surface area contributed by atoms with Gasteiger partial charge in [0, 0.05) is 29.9 Å². The first-order chi connectivity index (χ1) is 17.7. The number of likely N-dealkylation sites (tertiary alicyclic amines) is 1. The Hall–Kier alpha value is -3.89. The standard InChI is InChI=1S/C27H29FN6O3/c1-27(36,19-8-10-33(2)11-9-19)24-7-4-17-14-29-25(13-23(17)31-24)32-22-6-5-20(12-21(22)28)34-16-18(15-30-34)26(35)37-3/h4-7,12-16,19,36H,8-11H2,1-3H3,(H,29,32). The van der Waals surface area contributed by atoms with Crippen molar-refractivity contribution in [2.24, 2.45) is 5.92 Å². The number of methoxy groups -OCH3 is 1. The number of hydrogen-bond donors (Lipinski definition) is 2. The Kier molecular flexibility index (Phi) is 6.61. The average Bonchev–Trinajstić information content (AvgIpc) is 3.40. The second-order valence-corrected chi connectivity index (χ2v) is 9.64. The van der Waals surface area contributed by atoms with Crippen molar-refractivity contribution in [2.45, 2.75) is 25.4 Å². The number of ether oxygens (including phenoxy) is 1. The lowest BCUT2D eigenvalue weighted by molar-refractivity contribution is -0.0334. The average molecular weight is 505 g/mol. The topological polar surface area (TPSA) is 105 Å². The zero-order valence-electron chi connectivity index (χ0n) is 21.0. The normalized spacial score (nSPS) is 16.5. The summed E-state index contributed by atoms with van der Waals surface area (Å²) in [5.41, 5.74) is 1.18. The van der Waals surface area contributed by atoms with E-state index in [1.165, 1.54) is 30.3 Å². The number of rotatable bonds is 6. The number of benzene rings is 1. The molecule has 4 aromatic rings. The molecule has 1 atom stereocenters. The van der Waals surface area contributed by atoms with E-state index in [-0.39, 0.29) is 17.2 Å². The molecule has 1 aliphatic heterocycles. The van der Waals surface area contributed by atoms with Crippen molar-refractivity contribution in [3.8, 4) is 5.69 Å². The third-order valence-corrected chi connectivity index (χ3v) is 7.09. The first-order valence-electron chi connectivity index (χ1n) is 12.1. The Balaban J connectivity index is 1.37. The molecule has 4 heterocycles. The van der Waals surface area contributed by atoms with E-state index in [4.69, 9.17) is 4.98 Å². The van der Waals surface area contributed by atoms with Gasteiger partial charge in [-0.25, -0.2) is 23.8 Å². The molecule has 1 aliphatic rings. The molecule has 0 saturated carbocycles. The van der Waals surface area contributed by atoms with E-state index in [0.29, 0.717) is 22.7 Å². The van der Waals surface area contributed by atoms with Gasteiger partial charge in [0.1, 0.15) is 17.2 Å². The molecule has 2 N–H and O–H groups in total. The first-order valence-corrected chi connectivity index (χ1v) is 12.1. The predicted molar refractivity (Wildman–Crippen MR) is 137 cm³/mol. The van der Waals surface area contributed by atoms with Gasteiger partial charge in [0.05, 0.1) is 41.5 Å². The van der Waals surface area contributed by atoms with Crippen LogP contribution in [-0.2, 0) is 10.3 Å². The van der Waals surface area contributed by atoms with Gasteiger partial charge in [-0.3, -0.25) is 0 Å². The second-order valence-electron chi connectivity index (χ2n) is 9.64. The summed E-state index contributed by atoms with van der Waals surface area (Å²) in [6.45, 7) is 3.73. The van der Waals surface area contributed by atoms with Gasteiger partial charge < -0.3 is 20.1 Å². The summed E-state index contributed by atoms with van der Waals surface area (Å²) in [4.78, 5) is 23.1. The summed E-state index contributed by atoms with van der Waals surface area (Å²) in [7, 11) is 3.38. The summed E-state index contributed by atoms with van der Waals surface area (Å²) in [5.74, 6) is -0.479. The van der Waals surface area contributed by atoms with Crippen LogP contribution in [0.2, 0.25) is 0 Å². The Bertz CT molecular complexity index is 1450. The number of fused-ring (bicyclic) bond motifs is 1. The van der Waals surface area contributed by atoms with Crippen molar-refractivity contribution in [3.63, 3.8) is 0 Å². The van der Waals surface area contributed by atoms with Crippen molar-refractivity contribution < 1.29 is 19.0 Å². The monoisotopic (exact) mass is 504 g/mol. The van der Waals surface area contributed by atoms with Crippen LogP contribution in [0, 0.1) is 11.7 Å². The third kappa shape index (κ3) is 5.03. The minimum Gasteiger partial charge on any atom is -0.465 e. The van der Waals surface area contributed by atoms with E-state index in [1.807, 2.05) is 19.1 Å². The highest BCUT2D eigenvalue weighted by Crippen LogP contribution is 2.36. The summed E-state index contributed by atoms with van der Waals surface area (Å²) >= 11 is 0. The lowest BCUT2D eigenvalue weighted by atomic mass is 9.79. The number of anilines is 2. The van der Waals surface area contributed by atoms with Crippen LogP contribution in [0.1, 0.15) is 35.8 Å². The van der Waals surface area contributed by atoms with Crippen LogP contribution in [0.3, 0.4) is 0 Å². The van der Waals surface area contributed by atoms with Crippen LogP contribution in [0.15, 0.2) is 55.0 Å². The molecule has 0 bridgehead atoms. The molecule has 1 fully saturated rings. The molecule has 0 radical (unpaired) electrons. The van der Waals surface area contributed by atoms with Crippen LogP contribution in [0.25, 0.3) is 16.6 Å². The van der Waals surface area contributed by atoms with Crippen molar-refractivity contribution in [2.75, 3.05) is 32.6 Å². The van der Waals surface area contributed by atoms with Crippen LogP contribution >= 0.6 is 0 Å². The Morgan fingerprint density at radius 3 is 2.70 bits per heavy atom. The molecular weight excluding hydrogens is 475 g/mol. The minimum atomic E-state index is -1.05. The molecule has 5 rings (SSSR count). The van der Waals surface area contributed by atoms with Gasteiger partial charge in [0.25, 0.3) is 0 Å². The third-order valence-electron chi connectivity index (χ3n) is 7.09. The van der Waals surface area contributed by atoms with Crippen molar-refractivity contribution in [1.29, 1.82) is 0 Å². The summed E-state index contributed by atoms with van der Waals surface area (Å²) in [6.07, 6.45) is 6.32. The van der Waals surface area contributed by atoms with Gasteiger partial charge in [0.2, 0.25) is 0 Å². The summed E-state index contributed by atoms with van der Waals surface area (Å²) in [6, 6.07) is 10.1. The lowest BCUT2D eigenvalue weighted by Crippen LogP contribution is -2.41. The predicted octanol–water partition coefficient (Wildman–Crippen LogP) is 4.03. The van der Waals surface area contributed by atoms with E-state index < -0.39 is 17.4 Å². The molecule has 1 saturated heterocycles. The molecule has 10 heteroatoms. The number of carbonyl (C=O) groups excluding carboxylic acids is 1. The number of carbonyl (C=O) groups is 1. The molecule has 1 unspecified atom stereocenters. The van der Waals surface area contributed by atoms with Crippen LogP contribution in [-0.4, -0.2) is 63.0 Å². The summed E-state index contributed by atoms with van der Waals surface area (Å²) in [5, 5.41) is 19.3. The fraction of sp³-hybridized carbons (Fsp3) is 0.333. The minimum absolute atomic E-state index is 0.124. The SMILES string of the molecule is COC(=O)c1cnn(-c2ccc(Nc3cc4nc(C(C)(O)C5CCN(C)CC5)ccc4cn3)c(F)c2)c1.